The maximum atomic E-state index is 11.2. The van der Waals surface area contributed by atoms with Gasteiger partial charge in [0.1, 0.15) is 6.10 Å². The summed E-state index contributed by atoms with van der Waals surface area (Å²) >= 11 is 0. The zero-order chi connectivity index (χ0) is 16.4. The van der Waals surface area contributed by atoms with Crippen LogP contribution in [0.3, 0.4) is 0 Å². The van der Waals surface area contributed by atoms with Gasteiger partial charge in [0.05, 0.1) is 24.9 Å². The average Bonchev–Trinajstić information content (AvgIpc) is 2.39. The molecule has 1 amide bonds. The molecule has 0 radical (unpaired) electrons. The van der Waals surface area contributed by atoms with Crippen molar-refractivity contribution in [2.24, 2.45) is 5.92 Å². The Balaban J connectivity index is 3.07. The molecule has 0 aromatic rings. The van der Waals surface area contributed by atoms with Gasteiger partial charge in [0.2, 0.25) is 5.91 Å². The molecule has 1 aliphatic carbocycles. The number of amides is 1. The quantitative estimate of drug-likeness (QED) is 0.278. The lowest BCUT2D eigenvalue weighted by molar-refractivity contribution is -0.178. The van der Waals surface area contributed by atoms with E-state index in [1.807, 2.05) is 0 Å². The summed E-state index contributed by atoms with van der Waals surface area (Å²) in [6, 6.07) is -1.04. The molecular weight excluding hydrogens is 286 g/mol. The molecule has 6 atom stereocenters. The Morgan fingerprint density at radius 3 is 2.33 bits per heavy atom. The lowest BCUT2D eigenvalue weighted by Crippen LogP contribution is -2.62. The van der Waals surface area contributed by atoms with Crippen molar-refractivity contribution < 1.29 is 40.2 Å². The summed E-state index contributed by atoms with van der Waals surface area (Å²) in [4.78, 5) is 22.3. The summed E-state index contributed by atoms with van der Waals surface area (Å²) in [6.07, 6.45) is -5.63. The van der Waals surface area contributed by atoms with E-state index in [1.165, 1.54) is 6.92 Å². The maximum absolute atomic E-state index is 11.2. The Labute approximate surface area is 120 Å². The second-order valence-electron chi connectivity index (χ2n) is 5.44. The molecule has 0 heterocycles. The summed E-state index contributed by atoms with van der Waals surface area (Å²) in [5.74, 6) is -3.23. The van der Waals surface area contributed by atoms with Crippen LogP contribution in [-0.2, 0) is 9.59 Å². The molecular formula is C12H21NO8. The van der Waals surface area contributed by atoms with Crippen LogP contribution in [0.15, 0.2) is 0 Å². The number of aliphatic carboxylic acids is 1. The number of rotatable bonds is 5. The molecule has 9 nitrogen and oxygen atoms in total. The molecule has 0 aliphatic heterocycles. The van der Waals surface area contributed by atoms with Crippen LogP contribution in [0, 0.1) is 5.92 Å². The summed E-state index contributed by atoms with van der Waals surface area (Å²) in [5.41, 5.74) is -2.28. The lowest BCUT2D eigenvalue weighted by atomic mass is 9.70. The van der Waals surface area contributed by atoms with Crippen molar-refractivity contribution in [3.05, 3.63) is 0 Å². The molecule has 0 bridgehead atoms. The average molecular weight is 307 g/mol. The van der Waals surface area contributed by atoms with Gasteiger partial charge in [0.15, 0.2) is 5.60 Å². The zero-order valence-corrected chi connectivity index (χ0v) is 11.5. The Bertz CT molecular complexity index is 403. The van der Waals surface area contributed by atoms with Crippen molar-refractivity contribution in [2.75, 3.05) is 6.61 Å². The van der Waals surface area contributed by atoms with E-state index in [0.29, 0.717) is 0 Å². The van der Waals surface area contributed by atoms with E-state index in [1.54, 1.807) is 0 Å². The molecule has 0 unspecified atom stereocenters. The van der Waals surface area contributed by atoms with Crippen molar-refractivity contribution >= 4 is 11.9 Å². The van der Waals surface area contributed by atoms with Crippen LogP contribution < -0.4 is 5.32 Å². The van der Waals surface area contributed by atoms with Gasteiger partial charge < -0.3 is 36.0 Å². The molecule has 1 aliphatic rings. The second kappa shape index (κ2) is 6.67. The minimum atomic E-state index is -2.28. The molecule has 0 saturated heterocycles. The van der Waals surface area contributed by atoms with E-state index < -0.39 is 67.2 Å². The normalized spacial score (nSPS) is 35.8. The third-order valence-electron chi connectivity index (χ3n) is 3.78. The number of carboxylic acids is 1. The van der Waals surface area contributed by atoms with Crippen LogP contribution in [0.25, 0.3) is 0 Å². The molecule has 1 fully saturated rings. The van der Waals surface area contributed by atoms with Gasteiger partial charge in [0, 0.05) is 19.3 Å². The van der Waals surface area contributed by atoms with Crippen LogP contribution in [0.5, 0.6) is 0 Å². The lowest BCUT2D eigenvalue weighted by Gasteiger charge is -2.44. The molecule has 0 aromatic carbocycles. The van der Waals surface area contributed by atoms with Crippen LogP contribution in [0.1, 0.15) is 19.8 Å². The third kappa shape index (κ3) is 3.89. The number of hydrogen-bond acceptors (Lipinski definition) is 7. The van der Waals surface area contributed by atoms with E-state index in [0.717, 1.165) is 0 Å². The van der Waals surface area contributed by atoms with E-state index in [2.05, 4.69) is 5.32 Å². The molecule has 0 aromatic heterocycles. The fourth-order valence-corrected chi connectivity index (χ4v) is 2.70. The monoisotopic (exact) mass is 307 g/mol. The van der Waals surface area contributed by atoms with Crippen molar-refractivity contribution in [2.45, 2.75) is 49.7 Å². The van der Waals surface area contributed by atoms with Gasteiger partial charge in [0.25, 0.3) is 0 Å². The zero-order valence-electron chi connectivity index (χ0n) is 11.5. The number of nitrogens with one attached hydrogen (secondary N) is 1. The van der Waals surface area contributed by atoms with Gasteiger partial charge >= 0.3 is 5.97 Å². The van der Waals surface area contributed by atoms with Gasteiger partial charge in [-0.25, -0.2) is 4.79 Å². The number of aliphatic hydroxyl groups is 5. The first-order valence-corrected chi connectivity index (χ1v) is 6.50. The summed E-state index contributed by atoms with van der Waals surface area (Å²) < 4.78 is 0. The topological polar surface area (TPSA) is 168 Å². The van der Waals surface area contributed by atoms with Crippen molar-refractivity contribution in [3.63, 3.8) is 0 Å². The predicted molar refractivity (Wildman–Crippen MR) is 68.0 cm³/mol. The van der Waals surface area contributed by atoms with Crippen LogP contribution in [-0.4, -0.2) is 79.1 Å². The van der Waals surface area contributed by atoms with E-state index in [9.17, 15) is 30.0 Å². The van der Waals surface area contributed by atoms with E-state index >= 15 is 0 Å². The molecule has 1 rings (SSSR count). The summed E-state index contributed by atoms with van der Waals surface area (Å²) in [5, 5.41) is 59.8. The minimum Gasteiger partial charge on any atom is -0.479 e. The maximum Gasteiger partial charge on any atom is 0.335 e. The number of carbonyl (C=O) groups is 2. The molecule has 122 valence electrons. The Morgan fingerprint density at radius 1 is 1.33 bits per heavy atom. The van der Waals surface area contributed by atoms with Crippen LogP contribution >= 0.6 is 0 Å². The highest BCUT2D eigenvalue weighted by Gasteiger charge is 2.52. The highest BCUT2D eigenvalue weighted by atomic mass is 16.4. The second-order valence-corrected chi connectivity index (χ2v) is 5.44. The summed E-state index contributed by atoms with van der Waals surface area (Å²) in [7, 11) is 0. The standard InChI is InChI=1S/C12H21NO8/c1-5(15)13-9-6(10(18)8(17)4-14)2-12(21,11(19)20)3-7(9)16/h6-10,14,16-18,21H,2-4H2,1H3,(H,13,15)(H,19,20)/t6-,7-,8+,9+,10-,12+/m0/s1. The Morgan fingerprint density at radius 2 is 1.90 bits per heavy atom. The Kier molecular flexibility index (Phi) is 5.65. The highest BCUT2D eigenvalue weighted by molar-refractivity contribution is 5.78. The third-order valence-corrected chi connectivity index (χ3v) is 3.78. The van der Waals surface area contributed by atoms with Gasteiger partial charge in [-0.2, -0.15) is 0 Å². The fourth-order valence-electron chi connectivity index (χ4n) is 2.70. The van der Waals surface area contributed by atoms with E-state index in [-0.39, 0.29) is 0 Å². The molecule has 9 heteroatoms. The predicted octanol–water partition coefficient (Wildman–Crippen LogP) is -3.21. The van der Waals surface area contributed by atoms with Gasteiger partial charge in [-0.15, -0.1) is 0 Å². The molecule has 21 heavy (non-hydrogen) atoms. The van der Waals surface area contributed by atoms with Crippen LogP contribution in [0.2, 0.25) is 0 Å². The summed E-state index contributed by atoms with van der Waals surface area (Å²) in [6.45, 7) is 0.392. The number of hydrogen-bond donors (Lipinski definition) is 7. The highest BCUT2D eigenvalue weighted by Crippen LogP contribution is 2.36. The first-order chi connectivity index (χ1) is 9.62. The largest absolute Gasteiger partial charge is 0.479 e. The fraction of sp³-hybridized carbons (Fsp3) is 0.833. The minimum absolute atomic E-state index is 0.484. The van der Waals surface area contributed by atoms with Crippen molar-refractivity contribution in [1.29, 1.82) is 0 Å². The van der Waals surface area contributed by atoms with Gasteiger partial charge in [-0.1, -0.05) is 0 Å². The SMILES string of the molecule is CC(=O)N[C@@H]1[C@@H]([C@H](O)[C@H](O)CO)C[C@](O)(C(=O)O)C[C@@H]1O. The van der Waals surface area contributed by atoms with Crippen molar-refractivity contribution in [3.8, 4) is 0 Å². The van der Waals surface area contributed by atoms with Gasteiger partial charge in [-0.05, 0) is 6.42 Å². The van der Waals surface area contributed by atoms with Crippen LogP contribution in [0.4, 0.5) is 0 Å². The molecule has 1 saturated carbocycles. The molecule has 0 spiro atoms. The smallest absolute Gasteiger partial charge is 0.335 e. The number of carbonyl (C=O) groups excluding carboxylic acids is 1. The number of carboxylic acid groups (broad SMARTS) is 1. The Hall–Kier alpha value is -1.26. The number of aliphatic hydroxyl groups excluding tert-OH is 4. The first kappa shape index (κ1) is 17.8. The van der Waals surface area contributed by atoms with E-state index in [4.69, 9.17) is 10.2 Å². The van der Waals surface area contributed by atoms with Gasteiger partial charge in [-0.3, -0.25) is 4.79 Å². The first-order valence-electron chi connectivity index (χ1n) is 6.50. The van der Waals surface area contributed by atoms with Crippen molar-refractivity contribution in [1.82, 2.24) is 5.32 Å². The molecule has 7 N–H and O–H groups in total.